The van der Waals surface area contributed by atoms with Crippen molar-refractivity contribution in [3.63, 3.8) is 0 Å². The fraction of sp³-hybridized carbons (Fsp3) is 0.333. The lowest BCUT2D eigenvalue weighted by molar-refractivity contribution is -0.384. The maximum atomic E-state index is 12.5. The summed E-state index contributed by atoms with van der Waals surface area (Å²) in [6, 6.07) is 13.6. The van der Waals surface area contributed by atoms with E-state index in [4.69, 9.17) is 0 Å². The SMILES string of the molecule is CC[C@@H](C)c1ccc(N2C[C@H](C(=O)Nc3cccc([N+](=O)[O-])c3)CC2=O)cc1. The Bertz CT molecular complexity index is 895. The molecule has 0 bridgehead atoms. The lowest BCUT2D eigenvalue weighted by Crippen LogP contribution is -2.28. The van der Waals surface area contributed by atoms with Gasteiger partial charge in [-0.2, -0.15) is 0 Å². The van der Waals surface area contributed by atoms with Crippen molar-refractivity contribution in [3.8, 4) is 0 Å². The van der Waals surface area contributed by atoms with Gasteiger partial charge in [-0.1, -0.05) is 32.0 Å². The quantitative estimate of drug-likeness (QED) is 0.602. The molecular formula is C21H23N3O4. The molecule has 7 heteroatoms. The molecule has 0 unspecified atom stereocenters. The van der Waals surface area contributed by atoms with Crippen LogP contribution < -0.4 is 10.2 Å². The molecule has 1 aliphatic rings. The topological polar surface area (TPSA) is 92.6 Å². The summed E-state index contributed by atoms with van der Waals surface area (Å²) in [7, 11) is 0. The van der Waals surface area contributed by atoms with Crippen LogP contribution in [0.4, 0.5) is 17.1 Å². The Balaban J connectivity index is 1.67. The van der Waals surface area contributed by atoms with Gasteiger partial charge in [0.1, 0.15) is 0 Å². The molecule has 146 valence electrons. The predicted molar refractivity (Wildman–Crippen MR) is 107 cm³/mol. The van der Waals surface area contributed by atoms with Crippen LogP contribution in [0.15, 0.2) is 48.5 Å². The molecule has 1 heterocycles. The van der Waals surface area contributed by atoms with Gasteiger partial charge in [0, 0.05) is 36.5 Å². The van der Waals surface area contributed by atoms with Gasteiger partial charge in [0.25, 0.3) is 5.69 Å². The fourth-order valence-electron chi connectivity index (χ4n) is 3.29. The summed E-state index contributed by atoms with van der Waals surface area (Å²) in [5.74, 6) is -0.458. The average molecular weight is 381 g/mol. The Morgan fingerprint density at radius 3 is 2.64 bits per heavy atom. The number of anilines is 2. The second kappa shape index (κ2) is 8.21. The zero-order valence-electron chi connectivity index (χ0n) is 15.9. The highest BCUT2D eigenvalue weighted by molar-refractivity contribution is 6.03. The summed E-state index contributed by atoms with van der Waals surface area (Å²) < 4.78 is 0. The smallest absolute Gasteiger partial charge is 0.271 e. The number of nitro groups is 1. The summed E-state index contributed by atoms with van der Waals surface area (Å²) in [6.07, 6.45) is 1.16. The number of amides is 2. The van der Waals surface area contributed by atoms with Gasteiger partial charge in [-0.15, -0.1) is 0 Å². The first kappa shape index (κ1) is 19.5. The van der Waals surface area contributed by atoms with Crippen LogP contribution in [0.5, 0.6) is 0 Å². The monoisotopic (exact) mass is 381 g/mol. The lowest BCUT2D eigenvalue weighted by Gasteiger charge is -2.18. The summed E-state index contributed by atoms with van der Waals surface area (Å²) in [6.45, 7) is 4.58. The minimum absolute atomic E-state index is 0.0941. The van der Waals surface area contributed by atoms with Gasteiger partial charge in [-0.3, -0.25) is 19.7 Å². The third-order valence-corrected chi connectivity index (χ3v) is 5.21. The van der Waals surface area contributed by atoms with Crippen LogP contribution in [0.1, 0.15) is 38.2 Å². The van der Waals surface area contributed by atoms with Crippen molar-refractivity contribution >= 4 is 28.9 Å². The zero-order chi connectivity index (χ0) is 20.3. The van der Waals surface area contributed by atoms with E-state index in [2.05, 4.69) is 19.2 Å². The van der Waals surface area contributed by atoms with Crippen LogP contribution in [0.25, 0.3) is 0 Å². The van der Waals surface area contributed by atoms with E-state index in [1.54, 1.807) is 11.0 Å². The summed E-state index contributed by atoms with van der Waals surface area (Å²) in [5, 5.41) is 13.5. The molecule has 1 aliphatic heterocycles. The highest BCUT2D eigenvalue weighted by atomic mass is 16.6. The second-order valence-electron chi connectivity index (χ2n) is 7.10. The van der Waals surface area contributed by atoms with Crippen molar-refractivity contribution in [1.82, 2.24) is 0 Å². The number of nitro benzene ring substituents is 1. The summed E-state index contributed by atoms with van der Waals surface area (Å²) >= 11 is 0. The second-order valence-corrected chi connectivity index (χ2v) is 7.10. The van der Waals surface area contributed by atoms with E-state index in [1.807, 2.05) is 24.3 Å². The van der Waals surface area contributed by atoms with Crippen molar-refractivity contribution in [1.29, 1.82) is 0 Å². The Hall–Kier alpha value is -3.22. The number of benzene rings is 2. The molecule has 0 radical (unpaired) electrons. The zero-order valence-corrected chi connectivity index (χ0v) is 15.9. The normalized spacial score (nSPS) is 17.4. The van der Waals surface area contributed by atoms with Gasteiger partial charge in [-0.05, 0) is 36.1 Å². The highest BCUT2D eigenvalue weighted by Gasteiger charge is 2.35. The third kappa shape index (κ3) is 4.19. The highest BCUT2D eigenvalue weighted by Crippen LogP contribution is 2.28. The van der Waals surface area contributed by atoms with Crippen molar-refractivity contribution < 1.29 is 14.5 Å². The third-order valence-electron chi connectivity index (χ3n) is 5.21. The van der Waals surface area contributed by atoms with Crippen molar-refractivity contribution in [2.75, 3.05) is 16.8 Å². The van der Waals surface area contributed by atoms with Gasteiger partial charge in [0.2, 0.25) is 11.8 Å². The minimum atomic E-state index is -0.514. The number of hydrogen-bond donors (Lipinski definition) is 1. The van der Waals surface area contributed by atoms with Crippen molar-refractivity contribution in [3.05, 3.63) is 64.2 Å². The molecule has 28 heavy (non-hydrogen) atoms. The van der Waals surface area contributed by atoms with Crippen molar-refractivity contribution in [2.24, 2.45) is 5.92 Å². The maximum absolute atomic E-state index is 12.5. The molecule has 0 saturated carbocycles. The first-order valence-electron chi connectivity index (χ1n) is 9.34. The van der Waals surface area contributed by atoms with Gasteiger partial charge >= 0.3 is 0 Å². The first-order chi connectivity index (χ1) is 13.4. The minimum Gasteiger partial charge on any atom is -0.326 e. The maximum Gasteiger partial charge on any atom is 0.271 e. The molecule has 7 nitrogen and oxygen atoms in total. The van der Waals surface area contributed by atoms with Crippen LogP contribution in [-0.4, -0.2) is 23.3 Å². The van der Waals surface area contributed by atoms with E-state index >= 15 is 0 Å². The largest absolute Gasteiger partial charge is 0.326 e. The average Bonchev–Trinajstić information content (AvgIpc) is 3.09. The first-order valence-corrected chi connectivity index (χ1v) is 9.34. The molecule has 2 amide bonds. The molecule has 1 N–H and O–H groups in total. The van der Waals surface area contributed by atoms with Gasteiger partial charge in [-0.25, -0.2) is 0 Å². The van der Waals surface area contributed by atoms with Crippen LogP contribution in [0.2, 0.25) is 0 Å². The van der Waals surface area contributed by atoms with E-state index in [-0.39, 0.29) is 23.9 Å². The molecule has 2 atom stereocenters. The molecular weight excluding hydrogens is 358 g/mol. The van der Waals surface area contributed by atoms with E-state index < -0.39 is 10.8 Å². The van der Waals surface area contributed by atoms with Crippen molar-refractivity contribution in [2.45, 2.75) is 32.6 Å². The molecule has 2 aromatic carbocycles. The number of hydrogen-bond acceptors (Lipinski definition) is 4. The Labute approximate surface area is 163 Å². The summed E-state index contributed by atoms with van der Waals surface area (Å²) in [4.78, 5) is 36.9. The number of carbonyl (C=O) groups excluding carboxylic acids is 2. The van der Waals surface area contributed by atoms with Crippen LogP contribution in [0, 0.1) is 16.0 Å². The number of rotatable bonds is 6. The molecule has 0 aromatic heterocycles. The van der Waals surface area contributed by atoms with Crippen LogP contribution in [-0.2, 0) is 9.59 Å². The molecule has 1 fully saturated rings. The molecule has 1 saturated heterocycles. The van der Waals surface area contributed by atoms with E-state index in [0.29, 0.717) is 18.2 Å². The number of carbonyl (C=O) groups is 2. The molecule has 0 spiro atoms. The number of nitrogens with zero attached hydrogens (tertiary/aromatic N) is 2. The Morgan fingerprint density at radius 2 is 2.00 bits per heavy atom. The Kier molecular flexibility index (Phi) is 5.73. The van der Waals surface area contributed by atoms with E-state index in [9.17, 15) is 19.7 Å². The predicted octanol–water partition coefficient (Wildman–Crippen LogP) is 4.10. The molecule has 3 rings (SSSR count). The van der Waals surface area contributed by atoms with Gasteiger partial charge < -0.3 is 10.2 Å². The molecule has 0 aliphatic carbocycles. The van der Waals surface area contributed by atoms with Gasteiger partial charge in [0.15, 0.2) is 0 Å². The van der Waals surface area contributed by atoms with E-state index in [1.165, 1.54) is 23.8 Å². The lowest BCUT2D eigenvalue weighted by atomic mass is 9.98. The summed E-state index contributed by atoms with van der Waals surface area (Å²) in [5.41, 5.74) is 2.26. The number of nitrogens with one attached hydrogen (secondary N) is 1. The number of non-ortho nitro benzene ring substituents is 1. The Morgan fingerprint density at radius 1 is 1.29 bits per heavy atom. The van der Waals surface area contributed by atoms with E-state index in [0.717, 1.165) is 12.1 Å². The molecule has 2 aromatic rings. The van der Waals surface area contributed by atoms with Crippen LogP contribution >= 0.6 is 0 Å². The van der Waals surface area contributed by atoms with Gasteiger partial charge in [0.05, 0.1) is 10.8 Å². The standard InChI is InChI=1S/C21H23N3O4/c1-3-14(2)15-7-9-18(10-8-15)23-13-16(11-20(23)25)21(26)22-17-5-4-6-19(12-17)24(27)28/h4-10,12,14,16H,3,11,13H2,1-2H3,(H,22,26)/t14-,16-/m1/s1. The van der Waals surface area contributed by atoms with Crippen LogP contribution in [0.3, 0.4) is 0 Å². The fourth-order valence-corrected chi connectivity index (χ4v) is 3.29.